The summed E-state index contributed by atoms with van der Waals surface area (Å²) in [6, 6.07) is 4.42. The average molecular weight is 341 g/mol. The maximum Gasteiger partial charge on any atom is 0.315 e. The van der Waals surface area contributed by atoms with E-state index in [1.165, 1.54) is 32.1 Å². The molecule has 0 spiro atoms. The lowest BCUT2D eigenvalue weighted by Gasteiger charge is -2.32. The molecule has 132 valence electrons. The average Bonchev–Trinajstić information content (AvgIpc) is 3.31. The van der Waals surface area contributed by atoms with E-state index in [1.54, 1.807) is 17.2 Å². The van der Waals surface area contributed by atoms with Crippen LogP contribution in [0.4, 0.5) is 4.79 Å². The van der Waals surface area contributed by atoms with Crippen molar-refractivity contribution < 1.29 is 4.79 Å². The van der Waals surface area contributed by atoms with E-state index in [0.717, 1.165) is 18.5 Å². The summed E-state index contributed by atoms with van der Waals surface area (Å²) in [5, 5.41) is 10.2. The van der Waals surface area contributed by atoms with Crippen molar-refractivity contribution in [3.8, 4) is 5.82 Å². The fourth-order valence-corrected chi connectivity index (χ4v) is 3.90. The van der Waals surface area contributed by atoms with E-state index in [-0.39, 0.29) is 12.1 Å². The summed E-state index contributed by atoms with van der Waals surface area (Å²) >= 11 is 0. The molecule has 2 aliphatic rings. The molecule has 4 heterocycles. The number of nitrogens with zero attached hydrogens (tertiary/aromatic N) is 5. The maximum atomic E-state index is 12.3. The van der Waals surface area contributed by atoms with E-state index < -0.39 is 0 Å². The van der Waals surface area contributed by atoms with Gasteiger partial charge in [0.1, 0.15) is 12.7 Å². The van der Waals surface area contributed by atoms with Crippen LogP contribution < -0.4 is 10.6 Å². The number of hydrogen-bond donors (Lipinski definition) is 2. The zero-order valence-corrected chi connectivity index (χ0v) is 14.1. The highest BCUT2D eigenvalue weighted by Gasteiger charge is 2.36. The first-order valence-corrected chi connectivity index (χ1v) is 8.88. The molecule has 25 heavy (non-hydrogen) atoms. The van der Waals surface area contributed by atoms with Gasteiger partial charge in [-0.15, -0.1) is 0 Å². The minimum Gasteiger partial charge on any atom is -0.334 e. The number of nitrogens with one attached hydrogen (secondary N) is 2. The van der Waals surface area contributed by atoms with Gasteiger partial charge >= 0.3 is 6.03 Å². The van der Waals surface area contributed by atoms with E-state index >= 15 is 0 Å². The van der Waals surface area contributed by atoms with E-state index in [0.29, 0.717) is 18.4 Å². The molecule has 2 amide bonds. The Kier molecular flexibility index (Phi) is 4.60. The second-order valence-electron chi connectivity index (χ2n) is 6.65. The molecule has 2 fully saturated rings. The normalized spacial score (nSPS) is 23.2. The lowest BCUT2D eigenvalue weighted by Crippen LogP contribution is -2.49. The number of carbonyl (C=O) groups is 1. The summed E-state index contributed by atoms with van der Waals surface area (Å²) in [6.45, 7) is 2.66. The highest BCUT2D eigenvalue weighted by atomic mass is 16.2. The van der Waals surface area contributed by atoms with Crippen LogP contribution >= 0.6 is 0 Å². The maximum absolute atomic E-state index is 12.3. The molecule has 0 saturated carbocycles. The number of urea groups is 1. The van der Waals surface area contributed by atoms with Crippen molar-refractivity contribution in [3.63, 3.8) is 0 Å². The minimum atomic E-state index is -0.120. The SMILES string of the molecule is O=C(NCc1cccnc1-n1cncn1)N[C@@H]1CCN2CCCC[C@@H]12. The van der Waals surface area contributed by atoms with Crippen molar-refractivity contribution in [1.29, 1.82) is 0 Å². The first kappa shape index (κ1) is 16.0. The molecule has 0 radical (unpaired) electrons. The monoisotopic (exact) mass is 341 g/mol. The Labute approximate surface area is 146 Å². The summed E-state index contributed by atoms with van der Waals surface area (Å²) in [5.74, 6) is 0.680. The van der Waals surface area contributed by atoms with Crippen LogP contribution in [0, 0.1) is 0 Å². The second kappa shape index (κ2) is 7.18. The van der Waals surface area contributed by atoms with Crippen molar-refractivity contribution in [1.82, 2.24) is 35.3 Å². The van der Waals surface area contributed by atoms with Gasteiger partial charge in [-0.05, 0) is 31.9 Å². The number of amides is 2. The fraction of sp³-hybridized carbons (Fsp3) is 0.529. The summed E-state index contributed by atoms with van der Waals surface area (Å²) in [5.41, 5.74) is 0.897. The number of rotatable bonds is 4. The Morgan fingerprint density at radius 3 is 3.12 bits per heavy atom. The lowest BCUT2D eigenvalue weighted by atomic mass is 9.99. The Morgan fingerprint density at radius 2 is 2.24 bits per heavy atom. The van der Waals surface area contributed by atoms with Gasteiger partial charge in [-0.3, -0.25) is 4.90 Å². The standard InChI is InChI=1S/C17H23N7O/c25-17(22-14-6-9-23-8-2-1-5-15(14)23)20-10-13-4-3-7-19-16(13)24-12-18-11-21-24/h3-4,7,11-12,14-15H,1-2,5-6,8-10H2,(H2,20,22,25)/t14-,15+/m1/s1. The molecule has 2 aromatic rings. The third kappa shape index (κ3) is 3.48. The van der Waals surface area contributed by atoms with Gasteiger partial charge in [-0.25, -0.2) is 19.4 Å². The first-order chi connectivity index (χ1) is 12.3. The van der Waals surface area contributed by atoms with Crippen LogP contribution in [-0.2, 0) is 6.54 Å². The van der Waals surface area contributed by atoms with Crippen LogP contribution in [-0.4, -0.2) is 55.9 Å². The number of pyridine rings is 1. The Hall–Kier alpha value is -2.48. The molecule has 2 N–H and O–H groups in total. The third-order valence-corrected chi connectivity index (χ3v) is 5.12. The minimum absolute atomic E-state index is 0.120. The van der Waals surface area contributed by atoms with Crippen LogP contribution in [0.1, 0.15) is 31.2 Å². The van der Waals surface area contributed by atoms with Gasteiger partial charge in [-0.2, -0.15) is 5.10 Å². The number of piperidine rings is 1. The van der Waals surface area contributed by atoms with Gasteiger partial charge in [0.15, 0.2) is 5.82 Å². The second-order valence-corrected chi connectivity index (χ2v) is 6.65. The van der Waals surface area contributed by atoms with Gasteiger partial charge in [-0.1, -0.05) is 12.5 Å². The van der Waals surface area contributed by atoms with Gasteiger partial charge in [0.2, 0.25) is 0 Å². The van der Waals surface area contributed by atoms with Crippen molar-refractivity contribution in [2.45, 2.75) is 44.3 Å². The molecule has 2 saturated heterocycles. The highest BCUT2D eigenvalue weighted by molar-refractivity contribution is 5.74. The quantitative estimate of drug-likeness (QED) is 0.869. The summed E-state index contributed by atoms with van der Waals surface area (Å²) in [7, 11) is 0. The summed E-state index contributed by atoms with van der Waals surface area (Å²) in [4.78, 5) is 23.1. The Morgan fingerprint density at radius 1 is 1.28 bits per heavy atom. The summed E-state index contributed by atoms with van der Waals surface area (Å²) < 4.78 is 1.60. The highest BCUT2D eigenvalue weighted by Crippen LogP contribution is 2.27. The van der Waals surface area contributed by atoms with Crippen molar-refractivity contribution >= 4 is 6.03 Å². The predicted molar refractivity (Wildman–Crippen MR) is 92.1 cm³/mol. The zero-order valence-electron chi connectivity index (χ0n) is 14.1. The van der Waals surface area contributed by atoms with E-state index in [4.69, 9.17) is 0 Å². The Bertz CT molecular complexity index is 718. The molecule has 0 aliphatic carbocycles. The number of fused-ring (bicyclic) bond motifs is 1. The number of aromatic nitrogens is 4. The molecule has 2 atom stereocenters. The van der Waals surface area contributed by atoms with Crippen LogP contribution in [0.2, 0.25) is 0 Å². The molecule has 4 rings (SSSR count). The van der Waals surface area contributed by atoms with Crippen molar-refractivity contribution in [2.24, 2.45) is 0 Å². The predicted octanol–water partition coefficient (Wildman–Crippen LogP) is 1.09. The fourth-order valence-electron chi connectivity index (χ4n) is 3.90. The van der Waals surface area contributed by atoms with Crippen molar-refractivity contribution in [3.05, 3.63) is 36.5 Å². The topological polar surface area (TPSA) is 88.0 Å². The van der Waals surface area contributed by atoms with Gasteiger partial charge in [0, 0.05) is 36.9 Å². The third-order valence-electron chi connectivity index (χ3n) is 5.12. The molecule has 8 heteroatoms. The van der Waals surface area contributed by atoms with Crippen LogP contribution in [0.25, 0.3) is 5.82 Å². The van der Waals surface area contributed by atoms with E-state index in [2.05, 4.69) is 30.6 Å². The lowest BCUT2D eigenvalue weighted by molar-refractivity contribution is 0.179. The smallest absolute Gasteiger partial charge is 0.315 e. The first-order valence-electron chi connectivity index (χ1n) is 8.88. The molecule has 2 aliphatic heterocycles. The zero-order chi connectivity index (χ0) is 17.1. The molecule has 0 bridgehead atoms. The van der Waals surface area contributed by atoms with E-state index in [9.17, 15) is 4.79 Å². The molecule has 2 aromatic heterocycles. The van der Waals surface area contributed by atoms with Crippen molar-refractivity contribution in [2.75, 3.05) is 13.1 Å². The van der Waals surface area contributed by atoms with Gasteiger partial charge < -0.3 is 10.6 Å². The molecular weight excluding hydrogens is 318 g/mol. The number of hydrogen-bond acceptors (Lipinski definition) is 5. The van der Waals surface area contributed by atoms with E-state index in [1.807, 2.05) is 12.1 Å². The summed E-state index contributed by atoms with van der Waals surface area (Å²) in [6.07, 6.45) is 9.53. The number of carbonyl (C=O) groups excluding carboxylic acids is 1. The molecular formula is C17H23N7O. The van der Waals surface area contributed by atoms with Crippen LogP contribution in [0.5, 0.6) is 0 Å². The van der Waals surface area contributed by atoms with Gasteiger partial charge in [0.05, 0.1) is 0 Å². The molecule has 0 unspecified atom stereocenters. The van der Waals surface area contributed by atoms with Gasteiger partial charge in [0.25, 0.3) is 0 Å². The molecule has 0 aromatic carbocycles. The molecule has 8 nitrogen and oxygen atoms in total. The Balaban J connectivity index is 1.35. The van der Waals surface area contributed by atoms with Crippen LogP contribution in [0.3, 0.4) is 0 Å². The van der Waals surface area contributed by atoms with Crippen LogP contribution in [0.15, 0.2) is 31.0 Å². The largest absolute Gasteiger partial charge is 0.334 e.